The Bertz CT molecular complexity index is 1150. The minimum absolute atomic E-state index is 0.00120. The zero-order chi connectivity index (χ0) is 23.4. The summed E-state index contributed by atoms with van der Waals surface area (Å²) in [6.45, 7) is 7.86. The average Bonchev–Trinajstić information content (AvgIpc) is 3.31. The van der Waals surface area contributed by atoms with E-state index < -0.39 is 0 Å². The fraction of sp³-hybridized carbons (Fsp3) is 0.458. The molecule has 1 aromatic carbocycles. The molecule has 4 rings (SSSR count). The molecule has 0 aliphatic carbocycles. The number of hydrogen-bond acceptors (Lipinski definition) is 7. The Kier molecular flexibility index (Phi) is 7.60. The van der Waals surface area contributed by atoms with Gasteiger partial charge in [0.25, 0.3) is 5.56 Å². The van der Waals surface area contributed by atoms with Gasteiger partial charge in [-0.05, 0) is 48.1 Å². The number of thioether (sulfide) groups is 1. The van der Waals surface area contributed by atoms with Gasteiger partial charge in [0.15, 0.2) is 5.16 Å². The lowest BCUT2D eigenvalue weighted by molar-refractivity contribution is -0.128. The van der Waals surface area contributed by atoms with Gasteiger partial charge in [0.05, 0.1) is 18.4 Å². The predicted octanol–water partition coefficient (Wildman–Crippen LogP) is 3.95. The van der Waals surface area contributed by atoms with Crippen LogP contribution in [0.25, 0.3) is 10.2 Å². The molecule has 7 nitrogen and oxygen atoms in total. The van der Waals surface area contributed by atoms with Gasteiger partial charge in [-0.3, -0.25) is 14.2 Å². The fourth-order valence-electron chi connectivity index (χ4n) is 3.84. The largest absolute Gasteiger partial charge is 0.497 e. The van der Waals surface area contributed by atoms with Crippen LogP contribution < -0.4 is 15.2 Å². The summed E-state index contributed by atoms with van der Waals surface area (Å²) in [6, 6.07) is 9.89. The number of fused-ring (bicyclic) bond motifs is 1. The van der Waals surface area contributed by atoms with Gasteiger partial charge in [0, 0.05) is 38.4 Å². The third-order valence-electron chi connectivity index (χ3n) is 5.86. The first-order chi connectivity index (χ1) is 16.0. The van der Waals surface area contributed by atoms with Crippen LogP contribution in [0, 0.1) is 5.92 Å². The lowest BCUT2D eigenvalue weighted by Crippen LogP contribution is -2.49. The van der Waals surface area contributed by atoms with Crippen molar-refractivity contribution in [2.24, 2.45) is 5.92 Å². The van der Waals surface area contributed by atoms with Crippen molar-refractivity contribution in [1.29, 1.82) is 0 Å². The maximum Gasteiger partial charge on any atom is 0.272 e. The molecule has 0 radical (unpaired) electrons. The van der Waals surface area contributed by atoms with Gasteiger partial charge in [-0.2, -0.15) is 0 Å². The van der Waals surface area contributed by atoms with E-state index in [1.165, 1.54) is 23.1 Å². The van der Waals surface area contributed by atoms with Crippen LogP contribution in [-0.4, -0.2) is 59.4 Å². The Morgan fingerprint density at radius 3 is 2.55 bits per heavy atom. The Hall–Kier alpha value is -2.52. The summed E-state index contributed by atoms with van der Waals surface area (Å²) >= 11 is 2.80. The summed E-state index contributed by atoms with van der Waals surface area (Å²) in [5, 5.41) is 2.53. The van der Waals surface area contributed by atoms with Gasteiger partial charge in [0.2, 0.25) is 5.91 Å². The van der Waals surface area contributed by atoms with Crippen molar-refractivity contribution >= 4 is 44.9 Å². The van der Waals surface area contributed by atoms with Crippen LogP contribution >= 0.6 is 23.1 Å². The smallest absolute Gasteiger partial charge is 0.272 e. The molecule has 2 aromatic heterocycles. The molecule has 3 heterocycles. The quantitative estimate of drug-likeness (QED) is 0.355. The minimum atomic E-state index is -0.00120. The van der Waals surface area contributed by atoms with Crippen molar-refractivity contribution in [1.82, 2.24) is 14.5 Å². The van der Waals surface area contributed by atoms with Gasteiger partial charge in [-0.25, -0.2) is 4.98 Å². The number of benzene rings is 1. The number of amides is 1. The highest BCUT2D eigenvalue weighted by molar-refractivity contribution is 7.99. The fourth-order valence-corrected chi connectivity index (χ4v) is 5.55. The minimum Gasteiger partial charge on any atom is -0.497 e. The van der Waals surface area contributed by atoms with Crippen molar-refractivity contribution in [2.75, 3.05) is 43.9 Å². The second-order valence-electron chi connectivity index (χ2n) is 8.52. The van der Waals surface area contributed by atoms with E-state index in [1.54, 1.807) is 11.7 Å². The molecule has 0 spiro atoms. The molecule has 176 valence electrons. The monoisotopic (exact) mass is 486 g/mol. The molecule has 0 atom stereocenters. The average molecular weight is 487 g/mol. The maximum absolute atomic E-state index is 13.0. The second kappa shape index (κ2) is 10.6. The molecule has 1 amide bonds. The topological polar surface area (TPSA) is 67.7 Å². The van der Waals surface area contributed by atoms with E-state index >= 15 is 0 Å². The molecule has 1 aliphatic heterocycles. The molecule has 1 fully saturated rings. The summed E-state index contributed by atoms with van der Waals surface area (Å²) in [4.78, 5) is 34.8. The van der Waals surface area contributed by atoms with Crippen molar-refractivity contribution in [3.05, 3.63) is 46.1 Å². The standard InChI is InChI=1S/C24H30N4O3S2/c1-17(2)8-10-28-23(30)22-20(9-15-32-22)25-24(28)33-16-21(29)27-13-11-26(12-14-27)18-4-6-19(31-3)7-5-18/h4-7,9,15,17H,8,10-14,16H2,1-3H3. The van der Waals surface area contributed by atoms with E-state index in [-0.39, 0.29) is 17.2 Å². The zero-order valence-electron chi connectivity index (χ0n) is 19.3. The number of ether oxygens (including phenoxy) is 1. The Labute approximate surface area is 202 Å². The number of carbonyl (C=O) groups is 1. The van der Waals surface area contributed by atoms with Crippen molar-refractivity contribution in [3.8, 4) is 5.75 Å². The molecule has 1 saturated heterocycles. The number of thiophene rings is 1. The predicted molar refractivity (Wildman–Crippen MR) is 136 cm³/mol. The normalized spacial score (nSPS) is 14.3. The van der Waals surface area contributed by atoms with Crippen LogP contribution in [0.3, 0.4) is 0 Å². The summed E-state index contributed by atoms with van der Waals surface area (Å²) in [6.07, 6.45) is 0.896. The SMILES string of the molecule is COc1ccc(N2CCN(C(=O)CSc3nc4ccsc4c(=O)n3CCC(C)C)CC2)cc1. The molecular formula is C24H30N4O3S2. The maximum atomic E-state index is 13.0. The van der Waals surface area contributed by atoms with Gasteiger partial charge in [-0.15, -0.1) is 11.3 Å². The van der Waals surface area contributed by atoms with E-state index in [4.69, 9.17) is 9.72 Å². The van der Waals surface area contributed by atoms with E-state index in [9.17, 15) is 9.59 Å². The van der Waals surface area contributed by atoms with Gasteiger partial charge < -0.3 is 14.5 Å². The first kappa shape index (κ1) is 23.6. The Balaban J connectivity index is 1.38. The van der Waals surface area contributed by atoms with Gasteiger partial charge in [-0.1, -0.05) is 25.6 Å². The number of anilines is 1. The van der Waals surface area contributed by atoms with E-state index in [2.05, 4.69) is 30.9 Å². The number of methoxy groups -OCH3 is 1. The van der Waals surface area contributed by atoms with E-state index in [0.717, 1.165) is 30.9 Å². The van der Waals surface area contributed by atoms with Crippen LogP contribution in [0.5, 0.6) is 5.75 Å². The molecule has 9 heteroatoms. The van der Waals surface area contributed by atoms with Crippen LogP contribution in [0.1, 0.15) is 20.3 Å². The van der Waals surface area contributed by atoms with E-state index in [1.807, 2.05) is 28.5 Å². The number of rotatable bonds is 8. The summed E-state index contributed by atoms with van der Waals surface area (Å²) in [5.41, 5.74) is 1.85. The first-order valence-corrected chi connectivity index (χ1v) is 13.1. The summed E-state index contributed by atoms with van der Waals surface area (Å²) in [7, 11) is 1.66. The highest BCUT2D eigenvalue weighted by Gasteiger charge is 2.22. The lowest BCUT2D eigenvalue weighted by atomic mass is 10.1. The molecule has 1 aliphatic rings. The molecule has 0 saturated carbocycles. The number of piperazine rings is 1. The number of carbonyl (C=O) groups excluding carboxylic acids is 1. The lowest BCUT2D eigenvalue weighted by Gasteiger charge is -2.36. The van der Waals surface area contributed by atoms with Gasteiger partial charge >= 0.3 is 0 Å². The van der Waals surface area contributed by atoms with Crippen LogP contribution in [0.4, 0.5) is 5.69 Å². The molecular weight excluding hydrogens is 456 g/mol. The summed E-state index contributed by atoms with van der Waals surface area (Å²) < 4.78 is 7.66. The van der Waals surface area contributed by atoms with E-state index in [0.29, 0.717) is 40.9 Å². The van der Waals surface area contributed by atoms with Crippen LogP contribution in [0.15, 0.2) is 45.7 Å². The number of hydrogen-bond donors (Lipinski definition) is 0. The highest BCUT2D eigenvalue weighted by atomic mass is 32.2. The summed E-state index contributed by atoms with van der Waals surface area (Å²) in [5.74, 6) is 1.69. The molecule has 0 bridgehead atoms. The van der Waals surface area contributed by atoms with Gasteiger partial charge in [0.1, 0.15) is 10.4 Å². The third-order valence-corrected chi connectivity index (χ3v) is 7.71. The second-order valence-corrected chi connectivity index (χ2v) is 10.4. The molecule has 0 N–H and O–H groups in total. The zero-order valence-corrected chi connectivity index (χ0v) is 21.0. The van der Waals surface area contributed by atoms with Crippen LogP contribution in [-0.2, 0) is 11.3 Å². The van der Waals surface area contributed by atoms with Crippen molar-refractivity contribution < 1.29 is 9.53 Å². The molecule has 33 heavy (non-hydrogen) atoms. The van der Waals surface area contributed by atoms with Crippen molar-refractivity contribution in [2.45, 2.75) is 32.0 Å². The Morgan fingerprint density at radius 1 is 1.15 bits per heavy atom. The van der Waals surface area contributed by atoms with Crippen LogP contribution in [0.2, 0.25) is 0 Å². The molecule has 3 aromatic rings. The molecule has 0 unspecified atom stereocenters. The highest BCUT2D eigenvalue weighted by Crippen LogP contribution is 2.23. The first-order valence-electron chi connectivity index (χ1n) is 11.2. The number of aromatic nitrogens is 2. The number of nitrogens with zero attached hydrogens (tertiary/aromatic N) is 4. The third kappa shape index (κ3) is 5.52. The Morgan fingerprint density at radius 2 is 1.88 bits per heavy atom. The van der Waals surface area contributed by atoms with Crippen molar-refractivity contribution in [3.63, 3.8) is 0 Å².